The average Bonchev–Trinajstić information content (AvgIpc) is 4.00. The van der Waals surface area contributed by atoms with E-state index in [1.54, 1.807) is 6.20 Å². The van der Waals surface area contributed by atoms with Gasteiger partial charge in [0.2, 0.25) is 11.9 Å². The number of rotatable bonds is 8. The summed E-state index contributed by atoms with van der Waals surface area (Å²) < 4.78 is 48.3. The molecule has 2 aliphatic carbocycles. The molecule has 6 fully saturated rings. The second-order valence-electron chi connectivity index (χ2n) is 16.8. The number of aromatic nitrogens is 4. The van der Waals surface area contributed by atoms with Crippen molar-refractivity contribution in [1.82, 2.24) is 30.0 Å². The number of likely N-dealkylation sites (tertiary alicyclic amines) is 2. The highest BCUT2D eigenvalue weighted by Crippen LogP contribution is 2.55. The normalized spacial score (nSPS) is 22.5. The lowest BCUT2D eigenvalue weighted by atomic mass is 9.72. The first kappa shape index (κ1) is 33.2. The summed E-state index contributed by atoms with van der Waals surface area (Å²) in [5, 5.41) is 8.93. The van der Waals surface area contributed by atoms with E-state index < -0.39 is 12.8 Å². The number of amides is 1. The third-order valence-corrected chi connectivity index (χ3v) is 13.2. The lowest BCUT2D eigenvalue weighted by Crippen LogP contribution is -2.61. The summed E-state index contributed by atoms with van der Waals surface area (Å²) in [5.74, 6) is 1.62. The number of fused-ring (bicyclic) bond motifs is 2. The lowest BCUT2D eigenvalue weighted by molar-refractivity contribution is -0.153. The van der Waals surface area contributed by atoms with Gasteiger partial charge < -0.3 is 19.4 Å². The third kappa shape index (κ3) is 5.72. The first-order chi connectivity index (χ1) is 25.5. The minimum absolute atomic E-state index is 0.0345. The molecule has 10 rings (SSSR count). The number of halogens is 3. The van der Waals surface area contributed by atoms with Gasteiger partial charge in [0.25, 0.3) is 0 Å². The summed E-state index contributed by atoms with van der Waals surface area (Å²) in [7, 11) is 0. The number of nitrogens with zero attached hydrogens (tertiary/aromatic N) is 7. The fraction of sp³-hybridized carbons (Fsp3) is 0.550. The molecule has 13 heteroatoms. The van der Waals surface area contributed by atoms with Crippen LogP contribution in [0.1, 0.15) is 62.0 Å². The molecule has 1 amide bonds. The van der Waals surface area contributed by atoms with Gasteiger partial charge >= 0.3 is 6.18 Å². The van der Waals surface area contributed by atoms with Gasteiger partial charge in [-0.1, -0.05) is 12.6 Å². The van der Waals surface area contributed by atoms with Crippen LogP contribution < -0.4 is 14.5 Å². The first-order valence-electron chi connectivity index (χ1n) is 19.2. The van der Waals surface area contributed by atoms with Crippen molar-refractivity contribution in [2.75, 3.05) is 68.8 Å². The van der Waals surface area contributed by atoms with Crippen molar-refractivity contribution in [3.05, 3.63) is 48.2 Å². The molecule has 2 spiro atoms. The van der Waals surface area contributed by atoms with E-state index >= 15 is 0 Å². The summed E-state index contributed by atoms with van der Waals surface area (Å²) in [6.07, 6.45) is 6.18. The molecule has 2 aromatic carbocycles. The fourth-order valence-electron chi connectivity index (χ4n) is 9.61. The van der Waals surface area contributed by atoms with Crippen molar-refractivity contribution < 1.29 is 22.7 Å². The number of ether oxygens (including phenoxy) is 1. The molecule has 53 heavy (non-hydrogen) atoms. The molecule has 1 N–H and O–H groups in total. The maximum Gasteiger partial charge on any atom is 0.422 e. The zero-order valence-corrected chi connectivity index (χ0v) is 30.1. The molecule has 0 atom stereocenters. The van der Waals surface area contributed by atoms with E-state index in [0.717, 1.165) is 104 Å². The van der Waals surface area contributed by atoms with Crippen LogP contribution in [0, 0.1) is 17.8 Å². The molecule has 278 valence electrons. The number of alkyl halides is 3. The van der Waals surface area contributed by atoms with Crippen LogP contribution in [0.4, 0.5) is 24.9 Å². The van der Waals surface area contributed by atoms with Crippen LogP contribution >= 0.6 is 0 Å². The van der Waals surface area contributed by atoms with E-state index in [9.17, 15) is 18.0 Å². The molecule has 0 bridgehead atoms. The van der Waals surface area contributed by atoms with Gasteiger partial charge in [-0.3, -0.25) is 14.8 Å². The molecule has 6 aliphatic rings. The maximum absolute atomic E-state index is 14.1. The second-order valence-corrected chi connectivity index (χ2v) is 16.8. The fourth-order valence-corrected chi connectivity index (χ4v) is 9.61. The minimum atomic E-state index is -4.54. The van der Waals surface area contributed by atoms with Gasteiger partial charge in [-0.2, -0.15) is 23.3 Å². The van der Waals surface area contributed by atoms with E-state index in [1.807, 2.05) is 24.0 Å². The molecule has 10 nitrogen and oxygen atoms in total. The number of hydrogen-bond acceptors (Lipinski definition) is 8. The van der Waals surface area contributed by atoms with Crippen LogP contribution in [0.25, 0.3) is 32.9 Å². The number of H-pyrrole nitrogens is 1. The summed E-state index contributed by atoms with van der Waals surface area (Å²) in [5.41, 5.74) is 5.23. The molecule has 0 radical (unpaired) electrons. The van der Waals surface area contributed by atoms with Crippen LogP contribution in [0.2, 0.25) is 0 Å². The Morgan fingerprint density at radius 2 is 1.74 bits per heavy atom. The number of nitrogens with one attached hydrogen (secondary N) is 1. The Kier molecular flexibility index (Phi) is 7.39. The monoisotopic (exact) mass is 726 g/mol. The van der Waals surface area contributed by atoms with Crippen molar-refractivity contribution in [1.29, 1.82) is 0 Å². The number of carbonyl (C=O) groups excluding carboxylic acids is 1. The van der Waals surface area contributed by atoms with Gasteiger partial charge in [-0.15, -0.1) is 0 Å². The van der Waals surface area contributed by atoms with Crippen LogP contribution in [0.3, 0.4) is 0 Å². The number of piperidine rings is 1. The SMILES string of the molecule is C=CC(=O)N1CCC2(CC1)CN(c1nc(N3CC(N4CCC5(CC5)C4)C3)nc3c(OCC(F)(F)F)c(-c4c(C)ccc5[nH]ncc45)c(C4CC4)cc13)C2. The Morgan fingerprint density at radius 3 is 2.42 bits per heavy atom. The molecule has 6 heterocycles. The van der Waals surface area contributed by atoms with E-state index in [1.165, 1.54) is 25.3 Å². The molecular formula is C40H45F3N8O2. The van der Waals surface area contributed by atoms with Crippen molar-refractivity contribution in [3.63, 3.8) is 0 Å². The van der Waals surface area contributed by atoms with Gasteiger partial charge in [0.15, 0.2) is 12.4 Å². The van der Waals surface area contributed by atoms with Gasteiger partial charge in [0.05, 0.1) is 11.7 Å². The molecule has 2 aromatic heterocycles. The van der Waals surface area contributed by atoms with E-state index in [2.05, 4.69) is 37.5 Å². The zero-order chi connectivity index (χ0) is 36.3. The predicted molar refractivity (Wildman–Crippen MR) is 197 cm³/mol. The third-order valence-electron chi connectivity index (χ3n) is 13.2. The van der Waals surface area contributed by atoms with Gasteiger partial charge in [-0.25, -0.2) is 4.98 Å². The molecule has 0 unspecified atom stereocenters. The van der Waals surface area contributed by atoms with Crippen molar-refractivity contribution >= 4 is 39.5 Å². The van der Waals surface area contributed by atoms with E-state index in [4.69, 9.17) is 14.7 Å². The number of aryl methyl sites for hydroxylation is 1. The Morgan fingerprint density at radius 1 is 0.981 bits per heavy atom. The summed E-state index contributed by atoms with van der Waals surface area (Å²) in [4.78, 5) is 31.7. The molecule has 4 aromatic rings. The van der Waals surface area contributed by atoms with Crippen molar-refractivity contribution in [2.45, 2.75) is 70.0 Å². The van der Waals surface area contributed by atoms with Crippen LogP contribution in [0.15, 0.2) is 37.1 Å². The molecule has 4 saturated heterocycles. The smallest absolute Gasteiger partial charge is 0.422 e. The van der Waals surface area contributed by atoms with Crippen molar-refractivity contribution in [3.8, 4) is 16.9 Å². The average molecular weight is 727 g/mol. The highest BCUT2D eigenvalue weighted by Gasteiger charge is 2.51. The standard InChI is InChI=1S/C40H45F3N8O2/c1-3-31(52)48-13-11-39(12-14-48)21-51(22-39)36-28-16-27(25-5-6-25)33(32-24(2)4-7-30-29(32)17-44-47-30)35(53-23-40(41,42)43)34(28)45-37(46-36)50-18-26(19-50)49-15-10-38(20-49)8-9-38/h3-4,7,16-17,25-26H,1,5-6,8-15,18-23H2,2H3,(H,44,47). The number of aromatic amines is 1. The van der Waals surface area contributed by atoms with Crippen molar-refractivity contribution in [2.24, 2.45) is 10.8 Å². The summed E-state index contributed by atoms with van der Waals surface area (Å²) in [6.45, 7) is 11.0. The topological polar surface area (TPSA) is 93.7 Å². The summed E-state index contributed by atoms with van der Waals surface area (Å²) in [6, 6.07) is 6.51. The Bertz CT molecular complexity index is 2140. The molecule has 4 aliphatic heterocycles. The van der Waals surface area contributed by atoms with Gasteiger partial charge in [0, 0.05) is 73.6 Å². The minimum Gasteiger partial charge on any atom is -0.481 e. The number of hydrogen-bond donors (Lipinski definition) is 1. The van der Waals surface area contributed by atoms with Crippen LogP contribution in [-0.2, 0) is 4.79 Å². The molecular weight excluding hydrogens is 681 g/mol. The number of benzene rings is 2. The Labute approximate surface area is 306 Å². The predicted octanol–water partition coefficient (Wildman–Crippen LogP) is 6.59. The first-order valence-corrected chi connectivity index (χ1v) is 19.2. The lowest BCUT2D eigenvalue weighted by Gasteiger charge is -2.54. The van der Waals surface area contributed by atoms with Gasteiger partial charge in [-0.05, 0) is 105 Å². The van der Waals surface area contributed by atoms with E-state index in [-0.39, 0.29) is 23.0 Å². The highest BCUT2D eigenvalue weighted by molar-refractivity contribution is 6.06. The molecule has 2 saturated carbocycles. The van der Waals surface area contributed by atoms with E-state index in [0.29, 0.717) is 41.6 Å². The number of carbonyl (C=O) groups is 1. The largest absolute Gasteiger partial charge is 0.481 e. The Hall–Kier alpha value is -4.39. The summed E-state index contributed by atoms with van der Waals surface area (Å²) >= 11 is 0. The van der Waals surface area contributed by atoms with Crippen LogP contribution in [-0.4, -0.2) is 107 Å². The quantitative estimate of drug-likeness (QED) is 0.204. The maximum atomic E-state index is 14.1. The highest BCUT2D eigenvalue weighted by atomic mass is 19.4. The zero-order valence-electron chi connectivity index (χ0n) is 30.1. The van der Waals surface area contributed by atoms with Crippen LogP contribution in [0.5, 0.6) is 5.75 Å². The number of anilines is 2. The second kappa shape index (κ2) is 11.8. The Balaban J connectivity index is 1.10. The van der Waals surface area contributed by atoms with Gasteiger partial charge in [0.1, 0.15) is 11.3 Å².